The predicted molar refractivity (Wildman–Crippen MR) is 116 cm³/mol. The zero-order valence-electron chi connectivity index (χ0n) is 17.0. The maximum absolute atomic E-state index is 12.3. The number of amides is 1. The van der Waals surface area contributed by atoms with Crippen molar-refractivity contribution >= 4 is 34.1 Å². The van der Waals surface area contributed by atoms with Gasteiger partial charge in [-0.3, -0.25) is 9.89 Å². The molecule has 2 aromatic heterocycles. The molecule has 2 N–H and O–H groups in total. The van der Waals surface area contributed by atoms with Crippen LogP contribution >= 0.6 is 23.1 Å². The van der Waals surface area contributed by atoms with Gasteiger partial charge in [-0.05, 0) is 43.5 Å². The number of nitrogens with zero attached hydrogens (tertiary/aromatic N) is 3. The molecule has 148 valence electrons. The van der Waals surface area contributed by atoms with E-state index in [1.807, 2.05) is 5.38 Å². The summed E-state index contributed by atoms with van der Waals surface area (Å²) in [5.41, 5.74) is 5.57. The van der Waals surface area contributed by atoms with Crippen molar-refractivity contribution in [1.29, 1.82) is 0 Å². The second-order valence-electron chi connectivity index (χ2n) is 7.84. The molecule has 0 bridgehead atoms. The Morgan fingerprint density at radius 1 is 1.14 bits per heavy atom. The third-order valence-electron chi connectivity index (χ3n) is 4.37. The number of aryl methyl sites for hydroxylation is 3. The summed E-state index contributed by atoms with van der Waals surface area (Å²) in [5.74, 6) is 0.924. The fourth-order valence-electron chi connectivity index (χ4n) is 2.62. The lowest BCUT2D eigenvalue weighted by Crippen LogP contribution is -2.14. The van der Waals surface area contributed by atoms with E-state index >= 15 is 0 Å². The lowest BCUT2D eigenvalue weighted by molar-refractivity contribution is -0.113. The molecular formula is C20H25N5OS2. The predicted octanol–water partition coefficient (Wildman–Crippen LogP) is 4.88. The molecule has 1 aromatic carbocycles. The summed E-state index contributed by atoms with van der Waals surface area (Å²) in [6.07, 6.45) is 0. The Hall–Kier alpha value is -2.19. The number of rotatable bonds is 5. The fraction of sp³-hybridized carbons (Fsp3) is 0.400. The van der Waals surface area contributed by atoms with Crippen molar-refractivity contribution in [1.82, 2.24) is 20.2 Å². The smallest absolute Gasteiger partial charge is 0.236 e. The molecule has 8 heteroatoms. The minimum Gasteiger partial charge on any atom is -0.301 e. The molecule has 0 radical (unpaired) electrons. The monoisotopic (exact) mass is 415 g/mol. The summed E-state index contributed by atoms with van der Waals surface area (Å²) in [6, 6.07) is 4.32. The van der Waals surface area contributed by atoms with Crippen LogP contribution in [0.3, 0.4) is 0 Å². The van der Waals surface area contributed by atoms with Gasteiger partial charge in [-0.1, -0.05) is 38.6 Å². The van der Waals surface area contributed by atoms with Crippen LogP contribution in [-0.4, -0.2) is 31.8 Å². The van der Waals surface area contributed by atoms with Gasteiger partial charge < -0.3 is 5.32 Å². The fourth-order valence-corrected chi connectivity index (χ4v) is 3.95. The third-order valence-corrected chi connectivity index (χ3v) is 5.98. The van der Waals surface area contributed by atoms with Gasteiger partial charge in [0.05, 0.1) is 11.4 Å². The number of carbonyl (C=O) groups excluding carboxylic acids is 1. The van der Waals surface area contributed by atoms with Gasteiger partial charge in [0.15, 0.2) is 5.13 Å². The largest absolute Gasteiger partial charge is 0.301 e. The Bertz CT molecular complexity index is 1000. The van der Waals surface area contributed by atoms with E-state index in [1.165, 1.54) is 39.8 Å². The van der Waals surface area contributed by atoms with Gasteiger partial charge in [-0.2, -0.15) is 0 Å². The molecule has 0 aliphatic carbocycles. The highest BCUT2D eigenvalue weighted by Gasteiger charge is 2.19. The van der Waals surface area contributed by atoms with E-state index < -0.39 is 0 Å². The molecule has 0 aliphatic rings. The van der Waals surface area contributed by atoms with Crippen LogP contribution in [0.25, 0.3) is 11.3 Å². The van der Waals surface area contributed by atoms with Crippen molar-refractivity contribution in [2.24, 2.45) is 0 Å². The molecule has 0 fully saturated rings. The van der Waals surface area contributed by atoms with Gasteiger partial charge in [0.25, 0.3) is 0 Å². The van der Waals surface area contributed by atoms with Gasteiger partial charge in [0.1, 0.15) is 5.82 Å². The summed E-state index contributed by atoms with van der Waals surface area (Å²) in [5, 5.41) is 13.1. The third kappa shape index (κ3) is 4.80. The van der Waals surface area contributed by atoms with Gasteiger partial charge >= 0.3 is 0 Å². The molecule has 0 saturated heterocycles. The molecule has 0 aliphatic heterocycles. The summed E-state index contributed by atoms with van der Waals surface area (Å²) in [7, 11) is 0. The van der Waals surface area contributed by atoms with Crippen molar-refractivity contribution in [2.45, 2.75) is 52.1 Å². The summed E-state index contributed by atoms with van der Waals surface area (Å²) < 4.78 is 0. The van der Waals surface area contributed by atoms with E-state index in [0.29, 0.717) is 10.3 Å². The molecule has 0 saturated carbocycles. The Kier molecular flexibility index (Phi) is 5.90. The van der Waals surface area contributed by atoms with Crippen LogP contribution in [0.4, 0.5) is 5.13 Å². The lowest BCUT2D eigenvalue weighted by Gasteiger charge is -2.12. The first kappa shape index (κ1) is 20.5. The van der Waals surface area contributed by atoms with Gasteiger partial charge in [-0.15, -0.1) is 16.4 Å². The average Bonchev–Trinajstić information content (AvgIpc) is 3.25. The van der Waals surface area contributed by atoms with Crippen molar-refractivity contribution in [3.05, 3.63) is 40.0 Å². The maximum atomic E-state index is 12.3. The van der Waals surface area contributed by atoms with E-state index in [1.54, 1.807) is 0 Å². The van der Waals surface area contributed by atoms with E-state index in [2.05, 4.69) is 79.2 Å². The highest BCUT2D eigenvalue weighted by atomic mass is 32.2. The zero-order chi connectivity index (χ0) is 20.5. The number of hydrogen-bond donors (Lipinski definition) is 2. The van der Waals surface area contributed by atoms with Crippen LogP contribution in [0.15, 0.2) is 22.7 Å². The Labute approximate surface area is 173 Å². The van der Waals surface area contributed by atoms with Crippen LogP contribution in [0.1, 0.15) is 43.3 Å². The molecule has 3 aromatic rings. The Morgan fingerprint density at radius 2 is 1.86 bits per heavy atom. The van der Waals surface area contributed by atoms with Crippen molar-refractivity contribution in [2.75, 3.05) is 11.1 Å². The van der Waals surface area contributed by atoms with Gasteiger partial charge in [-0.25, -0.2) is 9.97 Å². The van der Waals surface area contributed by atoms with E-state index in [-0.39, 0.29) is 17.1 Å². The van der Waals surface area contributed by atoms with E-state index in [0.717, 1.165) is 17.1 Å². The minimum atomic E-state index is -0.121. The molecule has 1 amide bonds. The number of benzene rings is 1. The first-order valence-electron chi connectivity index (χ1n) is 9.03. The first-order chi connectivity index (χ1) is 13.1. The van der Waals surface area contributed by atoms with Crippen LogP contribution in [0.5, 0.6) is 0 Å². The zero-order valence-corrected chi connectivity index (χ0v) is 18.6. The number of H-pyrrole nitrogens is 1. The van der Waals surface area contributed by atoms with Crippen LogP contribution < -0.4 is 5.32 Å². The van der Waals surface area contributed by atoms with Crippen LogP contribution in [-0.2, 0) is 10.2 Å². The van der Waals surface area contributed by atoms with Crippen LogP contribution in [0, 0.1) is 20.8 Å². The minimum absolute atomic E-state index is 0.0994. The highest BCUT2D eigenvalue weighted by molar-refractivity contribution is 7.99. The molecule has 28 heavy (non-hydrogen) atoms. The molecule has 3 rings (SSSR count). The van der Waals surface area contributed by atoms with Crippen molar-refractivity contribution in [3.63, 3.8) is 0 Å². The number of thiazole rings is 1. The Morgan fingerprint density at radius 3 is 2.54 bits per heavy atom. The normalized spacial score (nSPS) is 11.6. The molecule has 2 heterocycles. The second-order valence-corrected chi connectivity index (χ2v) is 9.64. The maximum Gasteiger partial charge on any atom is 0.236 e. The molecular weight excluding hydrogens is 390 g/mol. The lowest BCUT2D eigenvalue weighted by atomic mass is 9.96. The molecule has 0 atom stereocenters. The average molecular weight is 416 g/mol. The first-order valence-corrected chi connectivity index (χ1v) is 10.9. The summed E-state index contributed by atoms with van der Waals surface area (Å²) in [4.78, 5) is 21.3. The van der Waals surface area contributed by atoms with E-state index in [4.69, 9.17) is 0 Å². The number of thioether (sulfide) groups is 1. The van der Waals surface area contributed by atoms with E-state index in [9.17, 15) is 4.79 Å². The van der Waals surface area contributed by atoms with Crippen molar-refractivity contribution < 1.29 is 4.79 Å². The van der Waals surface area contributed by atoms with Gasteiger partial charge in [0, 0.05) is 16.4 Å². The number of hydrogen-bond acceptors (Lipinski definition) is 6. The quantitative estimate of drug-likeness (QED) is 0.580. The Balaban J connectivity index is 1.61. The molecule has 0 spiro atoms. The number of nitrogens with one attached hydrogen (secondary N) is 2. The highest BCUT2D eigenvalue weighted by Crippen LogP contribution is 2.29. The van der Waals surface area contributed by atoms with Crippen LogP contribution in [0.2, 0.25) is 0 Å². The summed E-state index contributed by atoms with van der Waals surface area (Å²) in [6.45, 7) is 12.5. The SMILES string of the molecule is Cc1cc(C)c(-c2csc(NC(=O)CSc3n[nH]c(C(C)(C)C)n3)n2)cc1C. The number of anilines is 1. The van der Waals surface area contributed by atoms with Crippen molar-refractivity contribution in [3.8, 4) is 11.3 Å². The molecule has 6 nitrogen and oxygen atoms in total. The second kappa shape index (κ2) is 8.05. The topological polar surface area (TPSA) is 83.6 Å². The number of carbonyl (C=O) groups is 1. The number of aromatic nitrogens is 4. The number of aromatic amines is 1. The summed E-state index contributed by atoms with van der Waals surface area (Å²) >= 11 is 2.74. The van der Waals surface area contributed by atoms with Gasteiger partial charge in [0.2, 0.25) is 11.1 Å². The standard InChI is InChI=1S/C20H25N5OS2/c1-11-7-13(3)14(8-12(11)2)15-9-27-18(21-15)22-16(26)10-28-19-23-17(24-25-19)20(4,5)6/h7-9H,10H2,1-6H3,(H,21,22,26)(H,23,24,25). The molecule has 0 unspecified atom stereocenters.